The fourth-order valence-electron chi connectivity index (χ4n) is 3.96. The molecule has 4 N–H and O–H groups in total. The first kappa shape index (κ1) is 36.1. The highest BCUT2D eigenvalue weighted by molar-refractivity contribution is 5.62. The van der Waals surface area contributed by atoms with Crippen molar-refractivity contribution in [2.45, 2.75) is 37.1 Å². The van der Waals surface area contributed by atoms with Crippen LogP contribution in [0.3, 0.4) is 0 Å². The summed E-state index contributed by atoms with van der Waals surface area (Å²) in [4.78, 5) is 0. The number of rotatable bonds is 4. The average Bonchev–Trinajstić information content (AvgIpc) is 2.79. The van der Waals surface area contributed by atoms with Gasteiger partial charge in [-0.25, -0.2) is 0 Å². The smallest absolute Gasteiger partial charge is 0.423 e. The highest BCUT2D eigenvalue weighted by atomic mass is 19.4. The maximum atomic E-state index is 14.2. The molecule has 0 spiro atoms. The zero-order valence-corrected chi connectivity index (χ0v) is 21.2. The highest BCUT2D eigenvalue weighted by Gasteiger charge is 2.49. The number of halogens is 18. The van der Waals surface area contributed by atoms with E-state index in [1.165, 1.54) is 0 Å². The summed E-state index contributed by atoms with van der Waals surface area (Å²) in [6, 6.07) is -1.85. The van der Waals surface area contributed by atoms with Gasteiger partial charge >= 0.3 is 37.1 Å². The predicted octanol–water partition coefficient (Wildman–Crippen LogP) is 10.5. The van der Waals surface area contributed by atoms with Gasteiger partial charge in [0.15, 0.2) is 5.75 Å². The molecule has 0 saturated heterocycles. The number of alkyl halides is 18. The van der Waals surface area contributed by atoms with Crippen molar-refractivity contribution in [2.75, 3.05) is 11.5 Å². The van der Waals surface area contributed by atoms with E-state index in [-0.39, 0.29) is 24.3 Å². The molecule has 3 rings (SSSR count). The summed E-state index contributed by atoms with van der Waals surface area (Å²) in [7, 11) is 0. The normalized spacial score (nSPS) is 13.6. The zero-order chi connectivity index (χ0) is 35.6. The zero-order valence-electron chi connectivity index (χ0n) is 21.2. The van der Waals surface area contributed by atoms with Crippen LogP contribution in [0.1, 0.15) is 33.4 Å². The number of nitrogen functional groups attached to an aromatic ring is 2. The van der Waals surface area contributed by atoms with Gasteiger partial charge in [-0.05, 0) is 24.3 Å². The minimum atomic E-state index is -6.11. The molecule has 0 aliphatic heterocycles. The molecule has 0 radical (unpaired) electrons. The molecule has 0 heterocycles. The number of nitrogens with two attached hydrogens (primary N) is 2. The second kappa shape index (κ2) is 11.1. The summed E-state index contributed by atoms with van der Waals surface area (Å²) in [5.41, 5.74) is -9.11. The van der Waals surface area contributed by atoms with E-state index in [0.717, 1.165) is 0 Å². The van der Waals surface area contributed by atoms with E-state index < -0.39 is 117 Å². The van der Waals surface area contributed by atoms with Crippen LogP contribution in [0.2, 0.25) is 0 Å². The number of hydrogen-bond acceptors (Lipinski definition) is 4. The third-order valence-corrected chi connectivity index (χ3v) is 5.62. The van der Waals surface area contributed by atoms with Gasteiger partial charge in [-0.1, -0.05) is 0 Å². The van der Waals surface area contributed by atoms with Crippen molar-refractivity contribution in [1.82, 2.24) is 0 Å². The van der Waals surface area contributed by atoms with Crippen LogP contribution >= 0.6 is 0 Å². The lowest BCUT2D eigenvalue weighted by atomic mass is 10.0. The summed E-state index contributed by atoms with van der Waals surface area (Å²) in [5, 5.41) is 0. The van der Waals surface area contributed by atoms with Crippen molar-refractivity contribution in [1.29, 1.82) is 0 Å². The van der Waals surface area contributed by atoms with Crippen LogP contribution in [0.4, 0.5) is 90.4 Å². The van der Waals surface area contributed by atoms with Gasteiger partial charge in [0.05, 0.1) is 27.8 Å². The van der Waals surface area contributed by atoms with Crippen LogP contribution in [0.25, 0.3) is 0 Å². The molecular weight excluding hydrogens is 690 g/mol. The monoisotopic (exact) mass is 700 g/mol. The summed E-state index contributed by atoms with van der Waals surface area (Å²) in [6.07, 6.45) is -35.4. The van der Waals surface area contributed by atoms with Crippen LogP contribution in [0, 0.1) is 0 Å². The molecule has 22 heteroatoms. The molecule has 0 amide bonds. The van der Waals surface area contributed by atoms with Crippen LogP contribution in [0.15, 0.2) is 36.4 Å². The fraction of sp³-hybridized carbons (Fsp3) is 0.250. The Balaban J connectivity index is 2.36. The SMILES string of the molecule is Nc1cc(Oc2ccc(C(F)(F)F)c(Oc3cc(N)c(C(F)(F)F)c(C(F)(F)F)c3)c2C(F)(F)F)cc(C(F)(F)F)c1C(F)(F)F. The third-order valence-electron chi connectivity index (χ3n) is 5.62. The maximum absolute atomic E-state index is 14.2. The molecule has 0 saturated carbocycles. The fourth-order valence-corrected chi connectivity index (χ4v) is 3.96. The lowest BCUT2D eigenvalue weighted by Crippen LogP contribution is -2.19. The van der Waals surface area contributed by atoms with Crippen LogP contribution < -0.4 is 20.9 Å². The molecule has 3 aromatic rings. The first-order valence-electron chi connectivity index (χ1n) is 11.3. The van der Waals surface area contributed by atoms with Crippen LogP contribution in [0.5, 0.6) is 23.0 Å². The van der Waals surface area contributed by atoms with Crippen LogP contribution in [-0.2, 0) is 37.1 Å². The minimum Gasteiger partial charge on any atom is -0.456 e. The molecule has 4 nitrogen and oxygen atoms in total. The largest absolute Gasteiger partial charge is 0.456 e. The number of ether oxygens (including phenoxy) is 2. The minimum absolute atomic E-state index is 0.0669. The Bertz CT molecular complexity index is 1630. The second-order valence-corrected chi connectivity index (χ2v) is 8.88. The first-order valence-corrected chi connectivity index (χ1v) is 11.3. The Kier molecular flexibility index (Phi) is 8.74. The molecular formula is C24H10F18N2O2. The van der Waals surface area contributed by atoms with Gasteiger partial charge in [-0.2, -0.15) is 79.0 Å². The quantitative estimate of drug-likeness (QED) is 0.210. The van der Waals surface area contributed by atoms with Gasteiger partial charge in [0.2, 0.25) is 0 Å². The summed E-state index contributed by atoms with van der Waals surface area (Å²) < 4.78 is 253. The summed E-state index contributed by atoms with van der Waals surface area (Å²) >= 11 is 0. The maximum Gasteiger partial charge on any atom is 0.423 e. The number of benzene rings is 3. The van der Waals surface area contributed by atoms with Gasteiger partial charge in [-0.3, -0.25) is 0 Å². The Morgan fingerprint density at radius 2 is 0.739 bits per heavy atom. The number of hydrogen-bond donors (Lipinski definition) is 2. The summed E-state index contributed by atoms with van der Waals surface area (Å²) in [5.74, 6) is -7.71. The van der Waals surface area contributed by atoms with Crippen molar-refractivity contribution in [3.05, 3.63) is 69.8 Å². The molecule has 0 aliphatic carbocycles. The Hall–Kier alpha value is -4.40. The molecule has 3 aromatic carbocycles. The molecule has 0 aromatic heterocycles. The first-order chi connectivity index (χ1) is 20.4. The van der Waals surface area contributed by atoms with E-state index in [2.05, 4.69) is 9.47 Å². The molecule has 0 bridgehead atoms. The van der Waals surface area contributed by atoms with Crippen molar-refractivity contribution >= 4 is 11.4 Å². The molecule has 0 atom stereocenters. The van der Waals surface area contributed by atoms with E-state index in [9.17, 15) is 79.0 Å². The average molecular weight is 700 g/mol. The van der Waals surface area contributed by atoms with E-state index in [1.807, 2.05) is 0 Å². The standard InChI is InChI=1S/C24H10F18N2O2/c25-19(26,27)9-1-2-14(45-7-3-10(20(28,29)30)15(12(43)5-7)22(34,35)36)17(24(40,41)42)18(9)46-8-4-11(21(31,32)33)16(13(44)6-8)23(37,38)39/h1-6H,43-44H2. The van der Waals surface area contributed by atoms with Crippen molar-refractivity contribution in [3.8, 4) is 23.0 Å². The Morgan fingerprint density at radius 3 is 1.07 bits per heavy atom. The molecule has 46 heavy (non-hydrogen) atoms. The van der Waals surface area contributed by atoms with E-state index in [0.29, 0.717) is 0 Å². The highest BCUT2D eigenvalue weighted by Crippen LogP contribution is 2.53. The number of anilines is 2. The Labute approximate surface area is 242 Å². The van der Waals surface area contributed by atoms with Crippen molar-refractivity contribution in [2.24, 2.45) is 0 Å². The van der Waals surface area contributed by atoms with E-state index >= 15 is 0 Å². The van der Waals surface area contributed by atoms with Gasteiger partial charge < -0.3 is 20.9 Å². The second-order valence-electron chi connectivity index (χ2n) is 8.88. The van der Waals surface area contributed by atoms with Gasteiger partial charge in [0.25, 0.3) is 0 Å². The molecule has 0 unspecified atom stereocenters. The van der Waals surface area contributed by atoms with E-state index in [1.54, 1.807) is 0 Å². The topological polar surface area (TPSA) is 70.5 Å². The molecule has 254 valence electrons. The van der Waals surface area contributed by atoms with Crippen molar-refractivity contribution < 1.29 is 88.5 Å². The Morgan fingerprint density at radius 1 is 0.391 bits per heavy atom. The van der Waals surface area contributed by atoms with Gasteiger partial charge in [0, 0.05) is 23.5 Å². The third kappa shape index (κ3) is 7.52. The predicted molar refractivity (Wildman–Crippen MR) is 118 cm³/mol. The van der Waals surface area contributed by atoms with Gasteiger partial charge in [-0.15, -0.1) is 0 Å². The lowest BCUT2D eigenvalue weighted by Gasteiger charge is -2.24. The van der Waals surface area contributed by atoms with Crippen LogP contribution in [-0.4, -0.2) is 0 Å². The van der Waals surface area contributed by atoms with Gasteiger partial charge in [0.1, 0.15) is 22.8 Å². The van der Waals surface area contributed by atoms with E-state index in [4.69, 9.17) is 11.5 Å². The molecule has 0 fully saturated rings. The summed E-state index contributed by atoms with van der Waals surface area (Å²) in [6.45, 7) is 0. The van der Waals surface area contributed by atoms with Crippen molar-refractivity contribution in [3.63, 3.8) is 0 Å². The molecule has 0 aliphatic rings. The lowest BCUT2D eigenvalue weighted by molar-refractivity contribution is -0.161.